The van der Waals surface area contributed by atoms with Crippen molar-refractivity contribution < 1.29 is 9.31 Å². The molecule has 1 unspecified atom stereocenters. The Labute approximate surface area is 122 Å². The molecule has 2 fully saturated rings. The van der Waals surface area contributed by atoms with E-state index in [1.165, 1.54) is 18.2 Å². The molecular weight excluding hydrogens is 275 g/mol. The lowest BCUT2D eigenvalue weighted by atomic mass is 10.2. The molecule has 0 spiro atoms. The molecule has 2 saturated heterocycles. The van der Waals surface area contributed by atoms with E-state index < -0.39 is 10.7 Å². The molecule has 3 rings (SSSR count). The van der Waals surface area contributed by atoms with Crippen LogP contribution in [0.1, 0.15) is 6.42 Å². The first-order valence-corrected chi connectivity index (χ1v) is 7.29. The summed E-state index contributed by atoms with van der Waals surface area (Å²) in [6.45, 7) is 5.22. The van der Waals surface area contributed by atoms with Crippen LogP contribution in [0.5, 0.6) is 0 Å². The molecule has 0 bridgehead atoms. The average molecular weight is 294 g/mol. The van der Waals surface area contributed by atoms with E-state index in [2.05, 4.69) is 10.2 Å². The van der Waals surface area contributed by atoms with Gasteiger partial charge in [-0.05, 0) is 12.5 Å². The van der Waals surface area contributed by atoms with Crippen LogP contribution in [0.25, 0.3) is 0 Å². The molecule has 0 aromatic heterocycles. The highest BCUT2D eigenvalue weighted by atomic mass is 19.1. The number of hydrogen-bond acceptors (Lipinski definition) is 5. The van der Waals surface area contributed by atoms with E-state index in [0.29, 0.717) is 19.1 Å². The summed E-state index contributed by atoms with van der Waals surface area (Å²) in [5.74, 6) is -0.509. The minimum atomic E-state index is -0.509. The lowest BCUT2D eigenvalue weighted by molar-refractivity contribution is -0.384. The van der Waals surface area contributed by atoms with Gasteiger partial charge in [0.2, 0.25) is 0 Å². The van der Waals surface area contributed by atoms with Crippen molar-refractivity contribution in [3.05, 3.63) is 34.1 Å². The highest BCUT2D eigenvalue weighted by Crippen LogP contribution is 2.34. The fourth-order valence-corrected chi connectivity index (χ4v) is 3.25. The van der Waals surface area contributed by atoms with Gasteiger partial charge >= 0.3 is 0 Å². The number of benzene rings is 1. The number of nitrogens with zero attached hydrogens (tertiary/aromatic N) is 3. The van der Waals surface area contributed by atoms with E-state index in [0.717, 1.165) is 32.6 Å². The highest BCUT2D eigenvalue weighted by Gasteiger charge is 2.33. The fraction of sp³-hybridized carbons (Fsp3) is 0.571. The van der Waals surface area contributed by atoms with Crippen LogP contribution in [-0.4, -0.2) is 55.1 Å². The second-order valence-corrected chi connectivity index (χ2v) is 5.54. The van der Waals surface area contributed by atoms with Crippen LogP contribution < -0.4 is 10.2 Å². The number of rotatable bonds is 3. The monoisotopic (exact) mass is 294 g/mol. The number of anilines is 1. The molecule has 2 aliphatic heterocycles. The van der Waals surface area contributed by atoms with Gasteiger partial charge in [0.1, 0.15) is 0 Å². The summed E-state index contributed by atoms with van der Waals surface area (Å²) in [6, 6.07) is 4.41. The van der Waals surface area contributed by atoms with E-state index in [1.54, 1.807) is 0 Å². The largest absolute Gasteiger partial charge is 0.362 e. The van der Waals surface area contributed by atoms with E-state index in [9.17, 15) is 14.5 Å². The van der Waals surface area contributed by atoms with Gasteiger partial charge < -0.3 is 10.2 Å². The normalized spacial score (nSPS) is 23.5. The second-order valence-electron chi connectivity index (χ2n) is 5.54. The Kier molecular flexibility index (Phi) is 4.03. The van der Waals surface area contributed by atoms with Gasteiger partial charge in [-0.1, -0.05) is 6.07 Å². The van der Waals surface area contributed by atoms with Crippen molar-refractivity contribution in [3.63, 3.8) is 0 Å². The van der Waals surface area contributed by atoms with Crippen molar-refractivity contribution in [2.24, 2.45) is 0 Å². The van der Waals surface area contributed by atoms with Gasteiger partial charge in [0.05, 0.1) is 4.92 Å². The molecule has 2 aliphatic rings. The molecule has 114 valence electrons. The molecule has 0 saturated carbocycles. The van der Waals surface area contributed by atoms with Crippen LogP contribution >= 0.6 is 0 Å². The lowest BCUT2D eigenvalue weighted by Gasteiger charge is -2.32. The summed E-state index contributed by atoms with van der Waals surface area (Å²) in [4.78, 5) is 14.8. The van der Waals surface area contributed by atoms with Crippen molar-refractivity contribution in [2.75, 3.05) is 44.2 Å². The molecule has 0 radical (unpaired) electrons. The third-order valence-electron chi connectivity index (χ3n) is 4.31. The average Bonchev–Trinajstić information content (AvgIpc) is 2.97. The maximum atomic E-state index is 14.1. The van der Waals surface area contributed by atoms with Crippen molar-refractivity contribution >= 4 is 11.4 Å². The topological polar surface area (TPSA) is 61.7 Å². The Hall–Kier alpha value is -1.73. The lowest BCUT2D eigenvalue weighted by Crippen LogP contribution is -2.49. The third-order valence-corrected chi connectivity index (χ3v) is 4.31. The van der Waals surface area contributed by atoms with E-state index >= 15 is 0 Å². The Morgan fingerprint density at radius 1 is 1.29 bits per heavy atom. The number of nitro benzene ring substituents is 1. The number of para-hydroxylation sites is 1. The first-order chi connectivity index (χ1) is 10.2. The molecule has 1 aromatic carbocycles. The highest BCUT2D eigenvalue weighted by molar-refractivity contribution is 5.64. The molecule has 7 heteroatoms. The van der Waals surface area contributed by atoms with Crippen LogP contribution in [0, 0.1) is 15.9 Å². The van der Waals surface area contributed by atoms with Crippen LogP contribution in [0.4, 0.5) is 15.8 Å². The Balaban J connectivity index is 1.78. The summed E-state index contributed by atoms with van der Waals surface area (Å²) >= 11 is 0. The maximum absolute atomic E-state index is 14.1. The summed E-state index contributed by atoms with van der Waals surface area (Å²) in [5.41, 5.74) is -0.00362. The number of nitro groups is 1. The second kappa shape index (κ2) is 5.95. The van der Waals surface area contributed by atoms with Crippen molar-refractivity contribution in [1.82, 2.24) is 10.2 Å². The van der Waals surface area contributed by atoms with Crippen LogP contribution in [0.15, 0.2) is 18.2 Å². The first-order valence-electron chi connectivity index (χ1n) is 7.29. The Morgan fingerprint density at radius 3 is 2.76 bits per heavy atom. The minimum absolute atomic E-state index is 0.139. The van der Waals surface area contributed by atoms with E-state index in [1.807, 2.05) is 4.90 Å². The molecule has 1 N–H and O–H groups in total. The molecule has 21 heavy (non-hydrogen) atoms. The zero-order valence-corrected chi connectivity index (χ0v) is 11.8. The quantitative estimate of drug-likeness (QED) is 0.671. The van der Waals surface area contributed by atoms with Crippen LogP contribution in [0.2, 0.25) is 0 Å². The van der Waals surface area contributed by atoms with Crippen LogP contribution in [-0.2, 0) is 0 Å². The van der Waals surface area contributed by atoms with Gasteiger partial charge in [-0.15, -0.1) is 0 Å². The molecular formula is C14H19FN4O2. The van der Waals surface area contributed by atoms with Gasteiger partial charge in [0.15, 0.2) is 11.5 Å². The zero-order valence-electron chi connectivity index (χ0n) is 11.8. The summed E-state index contributed by atoms with van der Waals surface area (Å²) in [6.07, 6.45) is 0.922. The van der Waals surface area contributed by atoms with Gasteiger partial charge in [0, 0.05) is 51.4 Å². The SMILES string of the molecule is O=[N+]([O-])c1cccc(F)c1N1CCC(N2CCNCC2)C1. The Morgan fingerprint density at radius 2 is 2.05 bits per heavy atom. The molecule has 0 aliphatic carbocycles. The van der Waals surface area contributed by atoms with E-state index in [4.69, 9.17) is 0 Å². The standard InChI is InChI=1S/C14H19FN4O2/c15-12-2-1-3-13(19(20)21)14(12)18-7-4-11(10-18)17-8-5-16-6-9-17/h1-3,11,16H,4-10H2. The molecule has 1 aromatic rings. The summed E-state index contributed by atoms with van der Waals surface area (Å²) in [5, 5.41) is 14.4. The summed E-state index contributed by atoms with van der Waals surface area (Å²) < 4.78 is 14.1. The predicted octanol–water partition coefficient (Wildman–Crippen LogP) is 1.22. The van der Waals surface area contributed by atoms with Gasteiger partial charge in [0.25, 0.3) is 5.69 Å². The fourth-order valence-electron chi connectivity index (χ4n) is 3.25. The third kappa shape index (κ3) is 2.84. The Bertz CT molecular complexity index is 534. The van der Waals surface area contributed by atoms with Crippen molar-refractivity contribution in [2.45, 2.75) is 12.5 Å². The van der Waals surface area contributed by atoms with E-state index in [-0.39, 0.29) is 11.4 Å². The molecule has 1 atom stereocenters. The minimum Gasteiger partial charge on any atom is -0.362 e. The van der Waals surface area contributed by atoms with Gasteiger partial charge in [-0.2, -0.15) is 0 Å². The van der Waals surface area contributed by atoms with Crippen LogP contribution in [0.3, 0.4) is 0 Å². The molecule has 2 heterocycles. The smallest absolute Gasteiger partial charge is 0.295 e. The summed E-state index contributed by atoms with van der Waals surface area (Å²) in [7, 11) is 0. The van der Waals surface area contributed by atoms with Crippen molar-refractivity contribution in [3.8, 4) is 0 Å². The predicted molar refractivity (Wildman–Crippen MR) is 78.1 cm³/mol. The number of halogens is 1. The number of hydrogen-bond donors (Lipinski definition) is 1. The zero-order chi connectivity index (χ0) is 14.8. The number of nitrogens with one attached hydrogen (secondary N) is 1. The van der Waals surface area contributed by atoms with Gasteiger partial charge in [-0.3, -0.25) is 15.0 Å². The van der Waals surface area contributed by atoms with Gasteiger partial charge in [-0.25, -0.2) is 4.39 Å². The number of piperazine rings is 1. The molecule has 0 amide bonds. The maximum Gasteiger partial charge on any atom is 0.295 e. The molecule has 6 nitrogen and oxygen atoms in total. The first kappa shape index (κ1) is 14.2. The van der Waals surface area contributed by atoms with Crippen molar-refractivity contribution in [1.29, 1.82) is 0 Å².